The van der Waals surface area contributed by atoms with E-state index in [2.05, 4.69) is 5.32 Å². The quantitative estimate of drug-likeness (QED) is 0.548. The van der Waals surface area contributed by atoms with Crippen molar-refractivity contribution in [3.05, 3.63) is 106 Å². The normalized spacial score (nSPS) is 12.6. The zero-order chi connectivity index (χ0) is 19.7. The van der Waals surface area contributed by atoms with E-state index in [4.69, 9.17) is 0 Å². The fraction of sp³-hybridized carbons (Fsp3) is 0. The first-order valence-corrected chi connectivity index (χ1v) is 8.60. The van der Waals surface area contributed by atoms with E-state index in [1.54, 1.807) is 54.6 Å². The molecule has 136 valence electrons. The molecule has 4 rings (SSSR count). The lowest BCUT2D eigenvalue weighted by Crippen LogP contribution is -2.23. The fourth-order valence-corrected chi connectivity index (χ4v) is 3.17. The van der Waals surface area contributed by atoms with Crippen LogP contribution in [0.4, 0.5) is 10.1 Å². The lowest BCUT2D eigenvalue weighted by atomic mass is 9.83. The molecule has 0 saturated heterocycles. The maximum atomic E-state index is 12.9. The summed E-state index contributed by atoms with van der Waals surface area (Å²) < 4.78 is 12.9. The standard InChI is InChI=1S/C23H14FNO3/c24-15-11-8-14(9-12-15)10-13-20(26)25-19-7-3-6-18-21(19)23(28)17-5-2-1-4-16(17)22(18)27/h1-13H,(H,25,26)/b13-10+. The smallest absolute Gasteiger partial charge is 0.248 e. The Bertz CT molecular complexity index is 1150. The number of nitrogens with one attached hydrogen (secondary N) is 1. The highest BCUT2D eigenvalue weighted by molar-refractivity contribution is 6.30. The average molecular weight is 371 g/mol. The molecule has 5 heteroatoms. The van der Waals surface area contributed by atoms with Gasteiger partial charge in [0.15, 0.2) is 11.6 Å². The van der Waals surface area contributed by atoms with Gasteiger partial charge in [-0.1, -0.05) is 48.5 Å². The topological polar surface area (TPSA) is 63.2 Å². The van der Waals surface area contributed by atoms with Crippen molar-refractivity contribution in [2.45, 2.75) is 0 Å². The lowest BCUT2D eigenvalue weighted by Gasteiger charge is -2.20. The Balaban J connectivity index is 1.63. The van der Waals surface area contributed by atoms with Crippen LogP contribution in [0, 0.1) is 5.82 Å². The molecule has 1 aliphatic rings. The largest absolute Gasteiger partial charge is 0.322 e. The lowest BCUT2D eigenvalue weighted by molar-refractivity contribution is -0.111. The SMILES string of the molecule is O=C(/C=C/c1ccc(F)cc1)Nc1cccc2c1C(=O)c1ccccc1C2=O. The van der Waals surface area contributed by atoms with Crippen molar-refractivity contribution in [3.63, 3.8) is 0 Å². The number of benzene rings is 3. The molecular weight excluding hydrogens is 357 g/mol. The highest BCUT2D eigenvalue weighted by Gasteiger charge is 2.31. The molecule has 1 aliphatic carbocycles. The van der Waals surface area contributed by atoms with Gasteiger partial charge in [0.25, 0.3) is 0 Å². The van der Waals surface area contributed by atoms with Crippen molar-refractivity contribution >= 4 is 29.2 Å². The molecule has 4 nitrogen and oxygen atoms in total. The Labute approximate surface area is 160 Å². The van der Waals surface area contributed by atoms with Gasteiger partial charge in [-0.2, -0.15) is 0 Å². The number of anilines is 1. The van der Waals surface area contributed by atoms with Crippen LogP contribution in [0.5, 0.6) is 0 Å². The van der Waals surface area contributed by atoms with Crippen LogP contribution in [0.15, 0.2) is 72.8 Å². The number of amides is 1. The van der Waals surface area contributed by atoms with Crippen molar-refractivity contribution in [2.24, 2.45) is 0 Å². The Morgan fingerprint density at radius 2 is 1.43 bits per heavy atom. The van der Waals surface area contributed by atoms with Gasteiger partial charge in [-0.3, -0.25) is 14.4 Å². The Morgan fingerprint density at radius 3 is 2.14 bits per heavy atom. The van der Waals surface area contributed by atoms with Gasteiger partial charge >= 0.3 is 0 Å². The summed E-state index contributed by atoms with van der Waals surface area (Å²) in [6.07, 6.45) is 2.82. The Morgan fingerprint density at radius 1 is 0.786 bits per heavy atom. The molecule has 0 aliphatic heterocycles. The fourth-order valence-electron chi connectivity index (χ4n) is 3.17. The summed E-state index contributed by atoms with van der Waals surface area (Å²) >= 11 is 0. The van der Waals surface area contributed by atoms with Crippen LogP contribution in [0.3, 0.4) is 0 Å². The molecule has 0 atom stereocenters. The molecule has 28 heavy (non-hydrogen) atoms. The minimum atomic E-state index is -0.461. The molecule has 0 heterocycles. The first-order chi connectivity index (χ1) is 13.5. The van der Waals surface area contributed by atoms with E-state index < -0.39 is 5.91 Å². The number of carbonyl (C=O) groups is 3. The molecule has 0 spiro atoms. The van der Waals surface area contributed by atoms with Crippen LogP contribution in [0.1, 0.15) is 37.4 Å². The zero-order valence-electron chi connectivity index (χ0n) is 14.6. The number of hydrogen-bond donors (Lipinski definition) is 1. The first-order valence-electron chi connectivity index (χ1n) is 8.60. The van der Waals surface area contributed by atoms with Crippen molar-refractivity contribution in [1.29, 1.82) is 0 Å². The molecule has 3 aromatic carbocycles. The van der Waals surface area contributed by atoms with E-state index in [1.165, 1.54) is 24.3 Å². The molecule has 0 bridgehead atoms. The van der Waals surface area contributed by atoms with Gasteiger partial charge in [0.05, 0.1) is 11.3 Å². The molecule has 1 amide bonds. The second-order valence-electron chi connectivity index (χ2n) is 6.31. The predicted octanol–water partition coefficient (Wildman–Crippen LogP) is 4.25. The predicted molar refractivity (Wildman–Crippen MR) is 104 cm³/mol. The number of fused-ring (bicyclic) bond motifs is 2. The monoisotopic (exact) mass is 371 g/mol. The number of halogens is 1. The highest BCUT2D eigenvalue weighted by atomic mass is 19.1. The summed E-state index contributed by atoms with van der Waals surface area (Å²) in [5, 5.41) is 2.66. The Hall–Kier alpha value is -3.86. The van der Waals surface area contributed by atoms with Crippen molar-refractivity contribution in [2.75, 3.05) is 5.32 Å². The van der Waals surface area contributed by atoms with Crippen LogP contribution >= 0.6 is 0 Å². The third-order valence-electron chi connectivity index (χ3n) is 4.51. The second kappa shape index (κ2) is 7.04. The highest BCUT2D eigenvalue weighted by Crippen LogP contribution is 2.31. The van der Waals surface area contributed by atoms with Crippen LogP contribution in [0.25, 0.3) is 6.08 Å². The van der Waals surface area contributed by atoms with E-state index in [1.807, 2.05) is 0 Å². The third-order valence-corrected chi connectivity index (χ3v) is 4.51. The van der Waals surface area contributed by atoms with E-state index in [0.29, 0.717) is 16.7 Å². The number of hydrogen-bond acceptors (Lipinski definition) is 3. The second-order valence-corrected chi connectivity index (χ2v) is 6.31. The van der Waals surface area contributed by atoms with Gasteiger partial charge in [0.2, 0.25) is 5.91 Å². The molecule has 0 aromatic heterocycles. The van der Waals surface area contributed by atoms with Gasteiger partial charge < -0.3 is 5.32 Å². The molecular formula is C23H14FNO3. The molecule has 0 fully saturated rings. The summed E-state index contributed by atoms with van der Waals surface area (Å²) in [6.45, 7) is 0. The van der Waals surface area contributed by atoms with E-state index >= 15 is 0 Å². The molecule has 1 N–H and O–H groups in total. The number of carbonyl (C=O) groups excluding carboxylic acids is 3. The molecule has 3 aromatic rings. The third kappa shape index (κ3) is 3.14. The summed E-state index contributed by atoms with van der Waals surface area (Å²) in [4.78, 5) is 37.9. The van der Waals surface area contributed by atoms with Crippen LogP contribution in [-0.4, -0.2) is 17.5 Å². The summed E-state index contributed by atoms with van der Waals surface area (Å²) in [5.74, 6) is -1.37. The maximum absolute atomic E-state index is 12.9. The van der Waals surface area contributed by atoms with Gasteiger partial charge in [-0.25, -0.2) is 4.39 Å². The average Bonchev–Trinajstić information content (AvgIpc) is 2.71. The van der Waals surface area contributed by atoms with Crippen molar-refractivity contribution in [3.8, 4) is 0 Å². The van der Waals surface area contributed by atoms with Crippen molar-refractivity contribution in [1.82, 2.24) is 0 Å². The van der Waals surface area contributed by atoms with Crippen LogP contribution in [-0.2, 0) is 4.79 Å². The summed E-state index contributed by atoms with van der Waals surface area (Å²) in [5.41, 5.74) is 2.08. The first kappa shape index (κ1) is 17.5. The number of ketones is 2. The van der Waals surface area contributed by atoms with Crippen LogP contribution < -0.4 is 5.32 Å². The van der Waals surface area contributed by atoms with Crippen molar-refractivity contribution < 1.29 is 18.8 Å². The zero-order valence-corrected chi connectivity index (χ0v) is 14.6. The van der Waals surface area contributed by atoms with Crippen LogP contribution in [0.2, 0.25) is 0 Å². The van der Waals surface area contributed by atoms with Gasteiger partial charge in [-0.15, -0.1) is 0 Å². The van der Waals surface area contributed by atoms with E-state index in [0.717, 1.165) is 0 Å². The minimum absolute atomic E-state index is 0.190. The summed E-state index contributed by atoms with van der Waals surface area (Å²) in [6, 6.07) is 17.1. The molecule has 0 radical (unpaired) electrons. The minimum Gasteiger partial charge on any atom is -0.322 e. The molecule has 0 saturated carbocycles. The van der Waals surface area contributed by atoms with Gasteiger partial charge in [0.1, 0.15) is 5.82 Å². The van der Waals surface area contributed by atoms with E-state index in [9.17, 15) is 18.8 Å². The Kier molecular flexibility index (Phi) is 4.41. The van der Waals surface area contributed by atoms with Gasteiger partial charge in [-0.05, 0) is 29.8 Å². The summed E-state index contributed by atoms with van der Waals surface area (Å²) in [7, 11) is 0. The molecule has 0 unspecified atom stereocenters. The van der Waals surface area contributed by atoms with E-state index in [-0.39, 0.29) is 34.2 Å². The number of rotatable bonds is 3. The van der Waals surface area contributed by atoms with Gasteiger partial charge in [0, 0.05) is 22.8 Å². The maximum Gasteiger partial charge on any atom is 0.248 e.